The number of carboxylic acid groups (broad SMARTS) is 1. The van der Waals surface area contributed by atoms with Gasteiger partial charge in [-0.05, 0) is 124 Å². The van der Waals surface area contributed by atoms with Gasteiger partial charge in [-0.1, -0.05) is 114 Å². The third-order valence-electron chi connectivity index (χ3n) is 11.0. The Morgan fingerprint density at radius 1 is 0.606 bits per heavy atom. The number of halogens is 3. The lowest BCUT2D eigenvalue weighted by Gasteiger charge is -2.39. The quantitative estimate of drug-likeness (QED) is 0.0791. The second-order valence-electron chi connectivity index (χ2n) is 16.5. The molecule has 0 amide bonds. The van der Waals surface area contributed by atoms with Gasteiger partial charge in [0.25, 0.3) is 0 Å². The summed E-state index contributed by atoms with van der Waals surface area (Å²) >= 11 is 18.0. The monoisotopic (exact) mass is 952 g/mol. The van der Waals surface area contributed by atoms with Gasteiger partial charge in [0.1, 0.15) is 12.7 Å². The van der Waals surface area contributed by atoms with Crippen molar-refractivity contribution < 1.29 is 19.4 Å². The molecule has 350 valence electrons. The fraction of sp³-hybridized carbons (Fsp3) is 0.340. The zero-order valence-electron chi connectivity index (χ0n) is 38.4. The van der Waals surface area contributed by atoms with Gasteiger partial charge in [-0.15, -0.1) is 0 Å². The van der Waals surface area contributed by atoms with Crippen LogP contribution >= 0.6 is 34.8 Å². The molecule has 1 N–H and O–H groups in total. The molecule has 7 rings (SSSR count). The first-order chi connectivity index (χ1) is 32.0. The van der Waals surface area contributed by atoms with Gasteiger partial charge in [0, 0.05) is 78.3 Å². The van der Waals surface area contributed by atoms with Gasteiger partial charge in [-0.25, -0.2) is 4.79 Å². The molecule has 1 saturated heterocycles. The SMILES string of the molecule is CN(C)CCC(c1ccc(Cl)cc1)c1ccccn1.CN(C)CCOC(c1ccc(Cl)cc1)c1ccccn1.O=C(O)COCCN1CCN(C(c2ccccc2)c2ccc(Cl)cc2)CC1. The molecule has 3 atom stereocenters. The van der Waals surface area contributed by atoms with Gasteiger partial charge in [0.15, 0.2) is 0 Å². The van der Waals surface area contributed by atoms with Crippen LogP contribution in [-0.4, -0.2) is 134 Å². The molecule has 10 nitrogen and oxygen atoms in total. The number of aliphatic carboxylic acids is 1. The fourth-order valence-electron chi connectivity index (χ4n) is 7.52. The lowest BCUT2D eigenvalue weighted by molar-refractivity contribution is -0.142. The fourth-order valence-corrected chi connectivity index (χ4v) is 7.89. The Morgan fingerprint density at radius 3 is 1.62 bits per heavy atom. The van der Waals surface area contributed by atoms with E-state index < -0.39 is 5.97 Å². The number of hydrogen-bond donors (Lipinski definition) is 1. The average molecular weight is 954 g/mol. The van der Waals surface area contributed by atoms with Crippen LogP contribution in [0.4, 0.5) is 0 Å². The number of hydrogen-bond acceptors (Lipinski definition) is 9. The van der Waals surface area contributed by atoms with E-state index in [2.05, 4.69) is 98.3 Å². The molecule has 0 saturated carbocycles. The molecule has 0 spiro atoms. The zero-order chi connectivity index (χ0) is 47.1. The second kappa shape index (κ2) is 28.5. The predicted octanol–water partition coefficient (Wildman–Crippen LogP) is 10.4. The molecule has 2 aromatic heterocycles. The average Bonchev–Trinajstić information content (AvgIpc) is 3.33. The van der Waals surface area contributed by atoms with Gasteiger partial charge in [0.2, 0.25) is 0 Å². The summed E-state index contributed by atoms with van der Waals surface area (Å²) in [5.74, 6) is -0.602. The lowest BCUT2D eigenvalue weighted by Crippen LogP contribution is -2.48. The maximum absolute atomic E-state index is 10.5. The minimum atomic E-state index is -0.923. The van der Waals surface area contributed by atoms with Gasteiger partial charge >= 0.3 is 5.97 Å². The van der Waals surface area contributed by atoms with Crippen LogP contribution in [0.15, 0.2) is 152 Å². The molecule has 0 aliphatic carbocycles. The summed E-state index contributed by atoms with van der Waals surface area (Å²) < 4.78 is 11.2. The van der Waals surface area contributed by atoms with Crippen molar-refractivity contribution in [1.82, 2.24) is 29.6 Å². The smallest absolute Gasteiger partial charge is 0.329 e. The van der Waals surface area contributed by atoms with E-state index in [0.717, 1.165) is 84.3 Å². The molecule has 0 bridgehead atoms. The van der Waals surface area contributed by atoms with Gasteiger partial charge in [-0.3, -0.25) is 19.8 Å². The molecule has 1 fully saturated rings. The summed E-state index contributed by atoms with van der Waals surface area (Å²) in [5, 5.41) is 10.9. The highest BCUT2D eigenvalue weighted by atomic mass is 35.5. The Balaban J connectivity index is 0.000000190. The first kappa shape index (κ1) is 52.3. The van der Waals surface area contributed by atoms with E-state index >= 15 is 0 Å². The zero-order valence-corrected chi connectivity index (χ0v) is 40.7. The van der Waals surface area contributed by atoms with Crippen molar-refractivity contribution in [1.29, 1.82) is 0 Å². The van der Waals surface area contributed by atoms with E-state index in [1.54, 1.807) is 6.20 Å². The third kappa shape index (κ3) is 18.2. The topological polar surface area (TPSA) is 94.5 Å². The highest BCUT2D eigenvalue weighted by Crippen LogP contribution is 2.31. The first-order valence-electron chi connectivity index (χ1n) is 22.3. The highest BCUT2D eigenvalue weighted by molar-refractivity contribution is 6.31. The van der Waals surface area contributed by atoms with Gasteiger partial charge in [-0.2, -0.15) is 0 Å². The highest BCUT2D eigenvalue weighted by Gasteiger charge is 2.26. The molecular weight excluding hydrogens is 891 g/mol. The van der Waals surface area contributed by atoms with E-state index in [-0.39, 0.29) is 18.8 Å². The number of carbonyl (C=O) groups is 1. The number of piperazine rings is 1. The van der Waals surface area contributed by atoms with E-state index in [9.17, 15) is 4.79 Å². The normalized spacial score (nSPS) is 14.4. The molecule has 1 aliphatic rings. The summed E-state index contributed by atoms with van der Waals surface area (Å²) in [4.78, 5) is 28.5. The van der Waals surface area contributed by atoms with Crippen LogP contribution in [0.2, 0.25) is 15.1 Å². The lowest BCUT2D eigenvalue weighted by atomic mass is 9.92. The number of pyridine rings is 2. The summed E-state index contributed by atoms with van der Waals surface area (Å²) in [6.07, 6.45) is 4.53. The largest absolute Gasteiger partial charge is 0.480 e. The van der Waals surface area contributed by atoms with Crippen LogP contribution in [0.25, 0.3) is 0 Å². The predicted molar refractivity (Wildman–Crippen MR) is 269 cm³/mol. The maximum atomic E-state index is 10.5. The number of carboxylic acids is 1. The van der Waals surface area contributed by atoms with Gasteiger partial charge < -0.3 is 24.4 Å². The molecule has 0 radical (unpaired) electrons. The molecule has 4 aromatic carbocycles. The minimum absolute atomic E-state index is 0.159. The Bertz CT molecular complexity index is 2230. The van der Waals surface area contributed by atoms with Crippen LogP contribution in [-0.2, 0) is 14.3 Å². The molecule has 13 heteroatoms. The number of nitrogens with zero attached hydrogens (tertiary/aromatic N) is 6. The van der Waals surface area contributed by atoms with Crippen LogP contribution in [0.1, 0.15) is 58.1 Å². The van der Waals surface area contributed by atoms with Crippen molar-refractivity contribution in [2.75, 3.05) is 93.8 Å². The van der Waals surface area contributed by atoms with Crippen molar-refractivity contribution >= 4 is 40.8 Å². The van der Waals surface area contributed by atoms with Crippen LogP contribution in [0.3, 0.4) is 0 Å². The molecule has 66 heavy (non-hydrogen) atoms. The van der Waals surface area contributed by atoms with Gasteiger partial charge in [0.05, 0.1) is 24.9 Å². The standard InChI is InChI=1S/C21H25ClN2O3.C16H19ClN2O.C16H19ClN2/c22-19-8-6-18(7-9-19)21(17-4-2-1-3-5-17)24-12-10-23(11-13-24)14-15-27-16-20(25)26;1-19(2)11-12-20-16(15-5-3-4-10-18-15)13-6-8-14(17)9-7-13;1-19(2)12-10-15(16-5-3-4-11-18-16)13-6-8-14(17)9-7-13/h1-9,21H,10-16H2,(H,25,26);3-10,16H,11-12H2,1-2H3;3-9,11,15H,10,12H2,1-2H3. The number of benzene rings is 4. The molecular formula is C53H63Cl3N6O4. The summed E-state index contributed by atoms with van der Waals surface area (Å²) in [6.45, 7) is 7.30. The number of aromatic nitrogens is 2. The Hall–Kier alpha value is -4.72. The van der Waals surface area contributed by atoms with Crippen LogP contribution in [0.5, 0.6) is 0 Å². The van der Waals surface area contributed by atoms with Crippen molar-refractivity contribution in [3.63, 3.8) is 0 Å². The first-order valence-corrected chi connectivity index (χ1v) is 23.4. The second-order valence-corrected chi connectivity index (χ2v) is 17.8. The van der Waals surface area contributed by atoms with E-state index in [4.69, 9.17) is 49.4 Å². The number of likely N-dealkylation sites (N-methyl/N-ethyl adjacent to an activating group) is 1. The number of rotatable bonds is 19. The Kier molecular flexibility index (Phi) is 22.5. The molecule has 1 aliphatic heterocycles. The Morgan fingerprint density at radius 2 is 1.11 bits per heavy atom. The summed E-state index contributed by atoms with van der Waals surface area (Å²) in [5.41, 5.74) is 6.87. The maximum Gasteiger partial charge on any atom is 0.329 e. The van der Waals surface area contributed by atoms with Crippen molar-refractivity contribution in [2.24, 2.45) is 0 Å². The molecule has 6 aromatic rings. The van der Waals surface area contributed by atoms with Crippen molar-refractivity contribution in [3.05, 3.63) is 201 Å². The van der Waals surface area contributed by atoms with E-state index in [1.165, 1.54) is 16.7 Å². The van der Waals surface area contributed by atoms with Crippen LogP contribution in [0, 0.1) is 0 Å². The number of ether oxygens (including phenoxy) is 2. The van der Waals surface area contributed by atoms with Crippen LogP contribution < -0.4 is 0 Å². The van der Waals surface area contributed by atoms with Crippen molar-refractivity contribution in [3.8, 4) is 0 Å². The minimum Gasteiger partial charge on any atom is -0.480 e. The Labute approximate surface area is 406 Å². The van der Waals surface area contributed by atoms with E-state index in [0.29, 0.717) is 19.1 Å². The summed E-state index contributed by atoms with van der Waals surface area (Å²) in [6, 6.07) is 46.6. The van der Waals surface area contributed by atoms with Crippen molar-refractivity contribution in [2.45, 2.75) is 24.5 Å². The molecule has 3 unspecified atom stereocenters. The van der Waals surface area contributed by atoms with E-state index in [1.807, 2.05) is 105 Å². The summed E-state index contributed by atoms with van der Waals surface area (Å²) in [7, 11) is 8.25. The molecule has 3 heterocycles. The third-order valence-corrected chi connectivity index (χ3v) is 11.7.